The van der Waals surface area contributed by atoms with Crippen molar-refractivity contribution in [2.24, 2.45) is 0 Å². The summed E-state index contributed by atoms with van der Waals surface area (Å²) in [6.07, 6.45) is -0.536. The average molecular weight is 253 g/mol. The second-order valence-corrected chi connectivity index (χ2v) is 4.21. The zero-order valence-electron chi connectivity index (χ0n) is 11.1. The summed E-state index contributed by atoms with van der Waals surface area (Å²) in [5, 5.41) is 9.86. The van der Waals surface area contributed by atoms with Gasteiger partial charge in [0.25, 0.3) is 0 Å². The van der Waals surface area contributed by atoms with Crippen LogP contribution in [0.3, 0.4) is 0 Å². The van der Waals surface area contributed by atoms with Gasteiger partial charge in [-0.3, -0.25) is 0 Å². The molecule has 0 radical (unpaired) electrons. The van der Waals surface area contributed by atoms with Gasteiger partial charge in [-0.2, -0.15) is 0 Å². The molecule has 0 fully saturated rings. The van der Waals surface area contributed by atoms with E-state index in [0.29, 0.717) is 23.7 Å². The van der Waals surface area contributed by atoms with E-state index in [1.807, 2.05) is 0 Å². The first-order valence-corrected chi connectivity index (χ1v) is 6.25. The molecule has 18 heavy (non-hydrogen) atoms. The summed E-state index contributed by atoms with van der Waals surface area (Å²) >= 11 is 0. The Balaban J connectivity index is 2.47. The van der Waals surface area contributed by atoms with Crippen molar-refractivity contribution in [2.75, 3.05) is 37.7 Å². The summed E-state index contributed by atoms with van der Waals surface area (Å²) in [5.41, 5.74) is 12.4. The summed E-state index contributed by atoms with van der Waals surface area (Å²) < 4.78 is 5.49. The highest BCUT2D eigenvalue weighted by Gasteiger charge is 2.11. The largest absolute Gasteiger partial charge is 0.489 e. The van der Waals surface area contributed by atoms with Crippen molar-refractivity contribution in [2.45, 2.75) is 20.0 Å². The standard InChI is InChI=1S/C13H23N3O2/c1-3-16(4-2)8-10(17)9-18-12-7-5-6-11(14)13(12)15/h5-7,10,17H,3-4,8-9,14-15H2,1-2H3. The molecule has 5 N–H and O–H groups in total. The Hall–Kier alpha value is -1.46. The summed E-state index contributed by atoms with van der Waals surface area (Å²) in [5.74, 6) is 0.522. The van der Waals surface area contributed by atoms with Gasteiger partial charge in [-0.05, 0) is 25.2 Å². The van der Waals surface area contributed by atoms with Crippen LogP contribution in [0.5, 0.6) is 5.75 Å². The van der Waals surface area contributed by atoms with Gasteiger partial charge in [0.2, 0.25) is 0 Å². The molecule has 0 saturated heterocycles. The van der Waals surface area contributed by atoms with Crippen LogP contribution < -0.4 is 16.2 Å². The predicted molar refractivity (Wildman–Crippen MR) is 74.6 cm³/mol. The van der Waals surface area contributed by atoms with Gasteiger partial charge in [-0.1, -0.05) is 19.9 Å². The molecule has 0 aliphatic rings. The number of benzene rings is 1. The molecular formula is C13H23N3O2. The first-order chi connectivity index (χ1) is 8.58. The first kappa shape index (κ1) is 14.6. The average Bonchev–Trinajstić information content (AvgIpc) is 2.37. The number of nitrogens with zero attached hydrogens (tertiary/aromatic N) is 1. The summed E-state index contributed by atoms with van der Waals surface area (Å²) in [6, 6.07) is 5.24. The molecule has 1 aromatic carbocycles. The molecule has 0 amide bonds. The van der Waals surface area contributed by atoms with Crippen LogP contribution in [-0.2, 0) is 0 Å². The zero-order chi connectivity index (χ0) is 13.5. The smallest absolute Gasteiger partial charge is 0.144 e. The van der Waals surface area contributed by atoms with E-state index < -0.39 is 6.10 Å². The minimum Gasteiger partial charge on any atom is -0.489 e. The Morgan fingerprint density at radius 2 is 1.94 bits per heavy atom. The van der Waals surface area contributed by atoms with E-state index in [0.717, 1.165) is 13.1 Å². The van der Waals surface area contributed by atoms with Gasteiger partial charge >= 0.3 is 0 Å². The van der Waals surface area contributed by atoms with Crippen LogP contribution >= 0.6 is 0 Å². The number of likely N-dealkylation sites (N-methyl/N-ethyl adjacent to an activating group) is 1. The predicted octanol–water partition coefficient (Wildman–Crippen LogP) is 0.932. The van der Waals surface area contributed by atoms with Gasteiger partial charge in [-0.15, -0.1) is 0 Å². The highest BCUT2D eigenvalue weighted by Crippen LogP contribution is 2.26. The van der Waals surface area contributed by atoms with Crippen LogP contribution in [0.25, 0.3) is 0 Å². The molecule has 0 aromatic heterocycles. The molecule has 0 aliphatic heterocycles. The van der Waals surface area contributed by atoms with Crippen LogP contribution in [0.15, 0.2) is 18.2 Å². The minimum absolute atomic E-state index is 0.212. The van der Waals surface area contributed by atoms with Crippen molar-refractivity contribution in [3.8, 4) is 5.75 Å². The first-order valence-electron chi connectivity index (χ1n) is 6.25. The number of anilines is 2. The van der Waals surface area contributed by atoms with Crippen molar-refractivity contribution in [1.29, 1.82) is 0 Å². The number of hydrogen-bond donors (Lipinski definition) is 3. The van der Waals surface area contributed by atoms with Crippen LogP contribution in [0.4, 0.5) is 11.4 Å². The number of hydrogen-bond acceptors (Lipinski definition) is 5. The van der Waals surface area contributed by atoms with Crippen molar-refractivity contribution < 1.29 is 9.84 Å². The molecule has 102 valence electrons. The maximum absolute atomic E-state index is 9.86. The number of rotatable bonds is 7. The molecule has 0 saturated carbocycles. The minimum atomic E-state index is -0.536. The highest BCUT2D eigenvalue weighted by molar-refractivity contribution is 5.70. The lowest BCUT2D eigenvalue weighted by Gasteiger charge is -2.22. The number of ether oxygens (including phenoxy) is 1. The molecule has 0 aliphatic carbocycles. The van der Waals surface area contributed by atoms with E-state index >= 15 is 0 Å². The Morgan fingerprint density at radius 1 is 1.28 bits per heavy atom. The van der Waals surface area contributed by atoms with Crippen molar-refractivity contribution in [1.82, 2.24) is 4.90 Å². The molecule has 5 nitrogen and oxygen atoms in total. The van der Waals surface area contributed by atoms with Crippen LogP contribution in [-0.4, -0.2) is 42.4 Å². The van der Waals surface area contributed by atoms with Gasteiger partial charge in [0, 0.05) is 6.54 Å². The monoisotopic (exact) mass is 253 g/mol. The third kappa shape index (κ3) is 4.09. The van der Waals surface area contributed by atoms with Crippen LogP contribution in [0.2, 0.25) is 0 Å². The molecule has 1 rings (SSSR count). The van der Waals surface area contributed by atoms with Gasteiger partial charge in [0.1, 0.15) is 18.5 Å². The van der Waals surface area contributed by atoms with E-state index in [9.17, 15) is 5.11 Å². The normalized spacial score (nSPS) is 12.7. The maximum Gasteiger partial charge on any atom is 0.144 e. The Kier molecular flexibility index (Phi) is 5.74. The number of nitrogens with two attached hydrogens (primary N) is 2. The van der Waals surface area contributed by atoms with E-state index in [1.165, 1.54) is 0 Å². The third-order valence-corrected chi connectivity index (χ3v) is 2.89. The summed E-state index contributed by atoms with van der Waals surface area (Å²) in [7, 11) is 0. The summed E-state index contributed by atoms with van der Waals surface area (Å²) in [4.78, 5) is 2.14. The second-order valence-electron chi connectivity index (χ2n) is 4.21. The van der Waals surface area contributed by atoms with E-state index in [-0.39, 0.29) is 6.61 Å². The zero-order valence-corrected chi connectivity index (χ0v) is 11.1. The number of aliphatic hydroxyl groups is 1. The van der Waals surface area contributed by atoms with Crippen molar-refractivity contribution in [3.63, 3.8) is 0 Å². The quantitative estimate of drug-likeness (QED) is 0.630. The number of nitrogen functional groups attached to an aromatic ring is 2. The topological polar surface area (TPSA) is 84.7 Å². The van der Waals surface area contributed by atoms with Crippen LogP contribution in [0, 0.1) is 0 Å². The molecule has 1 aromatic rings. The number of para-hydroxylation sites is 1. The maximum atomic E-state index is 9.86. The number of aliphatic hydroxyl groups excluding tert-OH is 1. The lowest BCUT2D eigenvalue weighted by Crippen LogP contribution is -2.35. The second kappa shape index (κ2) is 7.08. The lowest BCUT2D eigenvalue weighted by molar-refractivity contribution is 0.0719. The highest BCUT2D eigenvalue weighted by atomic mass is 16.5. The van der Waals surface area contributed by atoms with E-state index in [2.05, 4.69) is 18.7 Å². The van der Waals surface area contributed by atoms with E-state index in [1.54, 1.807) is 18.2 Å². The Morgan fingerprint density at radius 3 is 2.56 bits per heavy atom. The van der Waals surface area contributed by atoms with Gasteiger partial charge in [0.15, 0.2) is 0 Å². The molecule has 5 heteroatoms. The third-order valence-electron chi connectivity index (χ3n) is 2.89. The SMILES string of the molecule is CCN(CC)CC(O)COc1cccc(N)c1N. The van der Waals surface area contributed by atoms with Crippen LogP contribution in [0.1, 0.15) is 13.8 Å². The molecule has 1 unspecified atom stereocenters. The molecule has 0 heterocycles. The van der Waals surface area contributed by atoms with Gasteiger partial charge in [-0.25, -0.2) is 0 Å². The molecular weight excluding hydrogens is 230 g/mol. The molecule has 1 atom stereocenters. The van der Waals surface area contributed by atoms with Gasteiger partial charge in [0.05, 0.1) is 11.4 Å². The Bertz CT molecular complexity index is 367. The fourth-order valence-corrected chi connectivity index (χ4v) is 1.71. The lowest BCUT2D eigenvalue weighted by atomic mass is 10.2. The Labute approximate surface area is 108 Å². The van der Waals surface area contributed by atoms with Crippen molar-refractivity contribution in [3.05, 3.63) is 18.2 Å². The fourth-order valence-electron chi connectivity index (χ4n) is 1.71. The van der Waals surface area contributed by atoms with Gasteiger partial charge < -0.3 is 26.2 Å². The summed E-state index contributed by atoms with van der Waals surface area (Å²) in [6.45, 7) is 6.75. The van der Waals surface area contributed by atoms with Crippen molar-refractivity contribution >= 4 is 11.4 Å². The van der Waals surface area contributed by atoms with E-state index in [4.69, 9.17) is 16.2 Å². The molecule has 0 bridgehead atoms. The fraction of sp³-hybridized carbons (Fsp3) is 0.538. The molecule has 0 spiro atoms.